The Balaban J connectivity index is 1.78. The molecule has 0 bridgehead atoms. The second-order valence-electron chi connectivity index (χ2n) is 5.91. The molecule has 1 aliphatic rings. The van der Waals surface area contributed by atoms with E-state index in [0.29, 0.717) is 5.92 Å². The third kappa shape index (κ3) is 4.23. The first-order chi connectivity index (χ1) is 9.83. The Morgan fingerprint density at radius 2 is 1.80 bits per heavy atom. The lowest BCUT2D eigenvalue weighted by molar-refractivity contribution is 0.312. The summed E-state index contributed by atoms with van der Waals surface area (Å²) in [4.78, 5) is 0. The average Bonchev–Trinajstić information content (AvgIpc) is 2.52. The van der Waals surface area contributed by atoms with E-state index in [1.165, 1.54) is 44.1 Å². The lowest BCUT2D eigenvalue weighted by Crippen LogP contribution is -2.13. The Morgan fingerprint density at radius 3 is 2.40 bits per heavy atom. The van der Waals surface area contributed by atoms with Gasteiger partial charge in [0.05, 0.1) is 11.6 Å². The first kappa shape index (κ1) is 14.9. The van der Waals surface area contributed by atoms with Gasteiger partial charge in [-0.3, -0.25) is 0 Å². The van der Waals surface area contributed by atoms with E-state index >= 15 is 0 Å². The molecule has 1 aromatic rings. The number of rotatable bonds is 5. The fourth-order valence-corrected chi connectivity index (χ4v) is 3.23. The molecule has 1 aromatic carbocycles. The standard InChI is InChI=1S/C19H25N/c1-2-3-4-5-6-16-7-11-18(12-8-16)19-13-9-17(15-20)10-14-19/h3-4,9-10,13-14,16,18H,2,5-8,11-12H2,1H3. The maximum absolute atomic E-state index is 8.84. The van der Waals surface area contributed by atoms with Gasteiger partial charge in [-0.05, 0) is 74.5 Å². The predicted octanol–water partition coefficient (Wildman–Crippen LogP) is 5.58. The molecule has 0 spiro atoms. The Hall–Kier alpha value is -1.55. The second kappa shape index (κ2) is 7.90. The van der Waals surface area contributed by atoms with E-state index in [-0.39, 0.29) is 0 Å². The van der Waals surface area contributed by atoms with Crippen LogP contribution in [0.25, 0.3) is 0 Å². The summed E-state index contributed by atoms with van der Waals surface area (Å²) in [6, 6.07) is 10.4. The van der Waals surface area contributed by atoms with Gasteiger partial charge in [-0.2, -0.15) is 5.26 Å². The number of benzene rings is 1. The highest BCUT2D eigenvalue weighted by atomic mass is 14.3. The van der Waals surface area contributed by atoms with E-state index in [1.54, 1.807) is 0 Å². The molecule has 1 saturated carbocycles. The van der Waals surface area contributed by atoms with Gasteiger partial charge in [-0.25, -0.2) is 0 Å². The van der Waals surface area contributed by atoms with Gasteiger partial charge >= 0.3 is 0 Å². The van der Waals surface area contributed by atoms with Crippen molar-refractivity contribution < 1.29 is 0 Å². The molecule has 0 heterocycles. The van der Waals surface area contributed by atoms with Crippen LogP contribution in [0.3, 0.4) is 0 Å². The van der Waals surface area contributed by atoms with Gasteiger partial charge < -0.3 is 0 Å². The highest BCUT2D eigenvalue weighted by Gasteiger charge is 2.21. The number of hydrogen-bond acceptors (Lipinski definition) is 1. The molecular weight excluding hydrogens is 242 g/mol. The average molecular weight is 267 g/mol. The third-order valence-corrected chi connectivity index (χ3v) is 4.50. The molecule has 1 heteroatoms. The van der Waals surface area contributed by atoms with Crippen LogP contribution in [-0.4, -0.2) is 0 Å². The molecule has 2 rings (SSSR count). The van der Waals surface area contributed by atoms with Crippen molar-refractivity contribution in [2.75, 3.05) is 0 Å². The van der Waals surface area contributed by atoms with Crippen LogP contribution in [0.4, 0.5) is 0 Å². The van der Waals surface area contributed by atoms with Crippen molar-refractivity contribution in [3.05, 3.63) is 47.5 Å². The zero-order valence-corrected chi connectivity index (χ0v) is 12.5. The summed E-state index contributed by atoms with van der Waals surface area (Å²) in [7, 11) is 0. The third-order valence-electron chi connectivity index (χ3n) is 4.50. The van der Waals surface area contributed by atoms with Crippen molar-refractivity contribution >= 4 is 0 Å². The van der Waals surface area contributed by atoms with E-state index in [1.807, 2.05) is 12.1 Å². The minimum absolute atomic E-state index is 0.713. The lowest BCUT2D eigenvalue weighted by Gasteiger charge is -2.28. The maximum Gasteiger partial charge on any atom is 0.0991 e. The van der Waals surface area contributed by atoms with Crippen molar-refractivity contribution in [2.24, 2.45) is 5.92 Å². The number of hydrogen-bond donors (Lipinski definition) is 0. The number of allylic oxidation sites excluding steroid dienone is 2. The van der Waals surface area contributed by atoms with Crippen LogP contribution >= 0.6 is 0 Å². The second-order valence-corrected chi connectivity index (χ2v) is 5.91. The zero-order valence-electron chi connectivity index (χ0n) is 12.5. The van der Waals surface area contributed by atoms with Gasteiger partial charge in [-0.15, -0.1) is 0 Å². The fraction of sp³-hybridized carbons (Fsp3) is 0.526. The van der Waals surface area contributed by atoms with E-state index in [4.69, 9.17) is 5.26 Å². The largest absolute Gasteiger partial charge is 0.192 e. The van der Waals surface area contributed by atoms with Crippen molar-refractivity contribution in [1.82, 2.24) is 0 Å². The summed E-state index contributed by atoms with van der Waals surface area (Å²) < 4.78 is 0. The fourth-order valence-electron chi connectivity index (χ4n) is 3.23. The maximum atomic E-state index is 8.84. The Labute approximate surface area is 123 Å². The highest BCUT2D eigenvalue weighted by molar-refractivity contribution is 5.33. The SMILES string of the molecule is CCC=CCCC1CCC(c2ccc(C#N)cc2)CC1. The molecule has 1 nitrogen and oxygen atoms in total. The number of nitrogens with zero attached hydrogens (tertiary/aromatic N) is 1. The van der Waals surface area contributed by atoms with E-state index in [2.05, 4.69) is 37.3 Å². The molecule has 0 amide bonds. The van der Waals surface area contributed by atoms with Crippen LogP contribution in [0.1, 0.15) is 68.9 Å². The summed E-state index contributed by atoms with van der Waals surface area (Å²) in [6.07, 6.45) is 13.7. The lowest BCUT2D eigenvalue weighted by atomic mass is 9.77. The van der Waals surface area contributed by atoms with Crippen molar-refractivity contribution in [3.8, 4) is 6.07 Å². The van der Waals surface area contributed by atoms with Gasteiger partial charge in [-0.1, -0.05) is 31.2 Å². The van der Waals surface area contributed by atoms with Gasteiger partial charge in [0.25, 0.3) is 0 Å². The van der Waals surface area contributed by atoms with Crippen molar-refractivity contribution in [1.29, 1.82) is 5.26 Å². The van der Waals surface area contributed by atoms with Crippen LogP contribution in [0.2, 0.25) is 0 Å². The van der Waals surface area contributed by atoms with E-state index in [9.17, 15) is 0 Å². The minimum Gasteiger partial charge on any atom is -0.192 e. The topological polar surface area (TPSA) is 23.8 Å². The molecule has 0 atom stereocenters. The zero-order chi connectivity index (χ0) is 14.2. The minimum atomic E-state index is 0.713. The van der Waals surface area contributed by atoms with Gasteiger partial charge in [0.15, 0.2) is 0 Å². The molecule has 0 unspecified atom stereocenters. The first-order valence-electron chi connectivity index (χ1n) is 7.98. The highest BCUT2D eigenvalue weighted by Crippen LogP contribution is 2.37. The Bertz CT molecular complexity index is 456. The summed E-state index contributed by atoms with van der Waals surface area (Å²) in [5, 5.41) is 8.84. The number of nitriles is 1. The first-order valence-corrected chi connectivity index (χ1v) is 7.98. The molecule has 0 saturated heterocycles. The quantitative estimate of drug-likeness (QED) is 0.639. The summed E-state index contributed by atoms with van der Waals surface area (Å²) in [5.74, 6) is 1.64. The molecular formula is C19H25N. The Kier molecular flexibility index (Phi) is 5.87. The van der Waals surface area contributed by atoms with Crippen LogP contribution in [0, 0.1) is 17.2 Å². The molecule has 1 fully saturated rings. The van der Waals surface area contributed by atoms with Crippen molar-refractivity contribution in [2.45, 2.75) is 57.8 Å². The van der Waals surface area contributed by atoms with E-state index in [0.717, 1.165) is 17.9 Å². The molecule has 0 aromatic heterocycles. The van der Waals surface area contributed by atoms with Crippen LogP contribution < -0.4 is 0 Å². The molecule has 0 radical (unpaired) electrons. The van der Waals surface area contributed by atoms with Crippen LogP contribution in [0.15, 0.2) is 36.4 Å². The molecule has 0 aliphatic heterocycles. The van der Waals surface area contributed by atoms with Crippen molar-refractivity contribution in [3.63, 3.8) is 0 Å². The predicted molar refractivity (Wildman–Crippen MR) is 84.5 cm³/mol. The molecule has 20 heavy (non-hydrogen) atoms. The van der Waals surface area contributed by atoms with Crippen LogP contribution in [-0.2, 0) is 0 Å². The summed E-state index contributed by atoms with van der Waals surface area (Å²) in [6.45, 7) is 2.19. The van der Waals surface area contributed by atoms with Crippen LogP contribution in [0.5, 0.6) is 0 Å². The smallest absolute Gasteiger partial charge is 0.0991 e. The summed E-state index contributed by atoms with van der Waals surface area (Å²) >= 11 is 0. The Morgan fingerprint density at radius 1 is 1.10 bits per heavy atom. The monoisotopic (exact) mass is 267 g/mol. The van der Waals surface area contributed by atoms with Gasteiger partial charge in [0, 0.05) is 0 Å². The molecule has 106 valence electrons. The summed E-state index contributed by atoms with van der Waals surface area (Å²) in [5.41, 5.74) is 2.19. The van der Waals surface area contributed by atoms with Gasteiger partial charge in [0.2, 0.25) is 0 Å². The van der Waals surface area contributed by atoms with E-state index < -0.39 is 0 Å². The molecule has 1 aliphatic carbocycles. The van der Waals surface area contributed by atoms with Gasteiger partial charge in [0.1, 0.15) is 0 Å². The molecule has 0 N–H and O–H groups in total. The normalized spacial score (nSPS) is 22.8.